The molecule has 0 saturated heterocycles. The summed E-state index contributed by atoms with van der Waals surface area (Å²) < 4.78 is 12.7. The van der Waals surface area contributed by atoms with Gasteiger partial charge in [0.05, 0.1) is 5.75 Å². The normalized spacial score (nSPS) is 11.1. The van der Waals surface area contributed by atoms with Gasteiger partial charge in [0.2, 0.25) is 6.17 Å². The molecule has 1 heterocycles. The molecule has 1 unspecified atom stereocenters. The summed E-state index contributed by atoms with van der Waals surface area (Å²) in [6.45, 7) is 0. The van der Waals surface area contributed by atoms with Gasteiger partial charge in [0.15, 0.2) is 5.16 Å². The van der Waals surface area contributed by atoms with E-state index in [1.807, 2.05) is 12.1 Å². The predicted octanol–water partition coefficient (Wildman–Crippen LogP) is 4.34. The number of hydrogen-bond acceptors (Lipinski definition) is 6. The predicted molar refractivity (Wildman–Crippen MR) is 113 cm³/mol. The minimum absolute atomic E-state index is 0.101. The molecule has 0 amide bonds. The highest BCUT2D eigenvalue weighted by Gasteiger charge is 2.16. The number of alkyl halides is 1. The maximum Gasteiger partial charge on any atom is 0.343 e. The van der Waals surface area contributed by atoms with Gasteiger partial charge >= 0.3 is 11.9 Å². The summed E-state index contributed by atoms with van der Waals surface area (Å²) in [6, 6.07) is 15.0. The average Bonchev–Trinajstić information content (AvgIpc) is 2.73. The van der Waals surface area contributed by atoms with Crippen molar-refractivity contribution in [2.45, 2.75) is 11.3 Å². The van der Waals surface area contributed by atoms with Crippen LogP contribution in [0.4, 0.5) is 10.2 Å². The van der Waals surface area contributed by atoms with Crippen LogP contribution in [0.5, 0.6) is 0 Å². The molecular formula is C20H17ClFN3O4S. The summed E-state index contributed by atoms with van der Waals surface area (Å²) in [7, 11) is 0. The van der Waals surface area contributed by atoms with Crippen molar-refractivity contribution in [1.82, 2.24) is 9.97 Å². The van der Waals surface area contributed by atoms with E-state index >= 15 is 0 Å². The number of thioether (sulfide) groups is 1. The summed E-state index contributed by atoms with van der Waals surface area (Å²) in [5.74, 6) is -2.18. The molecule has 0 spiro atoms. The van der Waals surface area contributed by atoms with Crippen LogP contribution in [0.3, 0.4) is 0 Å². The molecule has 0 aliphatic rings. The van der Waals surface area contributed by atoms with Gasteiger partial charge in [-0.25, -0.2) is 19.2 Å². The monoisotopic (exact) mass is 449 g/mol. The summed E-state index contributed by atoms with van der Waals surface area (Å²) in [5, 5.41) is 17.8. The van der Waals surface area contributed by atoms with E-state index in [0.717, 1.165) is 17.3 Å². The van der Waals surface area contributed by atoms with Gasteiger partial charge in [-0.15, -0.1) is 0 Å². The largest absolute Gasteiger partial charge is 0.481 e. The first kappa shape index (κ1) is 23.1. The number of carboxylic acids is 2. The number of nitrogens with zero attached hydrogens (tertiary/aromatic N) is 2. The molecule has 3 rings (SSSR count). The third-order valence-electron chi connectivity index (χ3n) is 3.57. The van der Waals surface area contributed by atoms with E-state index < -0.39 is 18.1 Å². The fraction of sp³-hybridized carbons (Fsp3) is 0.100. The lowest BCUT2D eigenvalue weighted by Crippen LogP contribution is -2.05. The van der Waals surface area contributed by atoms with E-state index in [0.29, 0.717) is 21.6 Å². The van der Waals surface area contributed by atoms with E-state index in [-0.39, 0.29) is 11.3 Å². The van der Waals surface area contributed by atoms with Crippen molar-refractivity contribution in [1.29, 1.82) is 0 Å². The number of aromatic nitrogens is 2. The lowest BCUT2D eigenvalue weighted by molar-refractivity contribution is -0.143. The fourth-order valence-electron chi connectivity index (χ4n) is 2.22. The molecule has 2 aromatic carbocycles. The van der Waals surface area contributed by atoms with Crippen molar-refractivity contribution in [3.05, 3.63) is 71.4 Å². The first-order valence-electron chi connectivity index (χ1n) is 8.42. The molecule has 4 N–H and O–H groups in total. The molecule has 3 aromatic rings. The smallest absolute Gasteiger partial charge is 0.343 e. The summed E-state index contributed by atoms with van der Waals surface area (Å²) >= 11 is 6.93. The molecule has 10 heteroatoms. The number of nitrogen functional groups attached to an aromatic ring is 1. The highest BCUT2D eigenvalue weighted by atomic mass is 35.5. The Morgan fingerprint density at radius 3 is 2.40 bits per heavy atom. The quantitative estimate of drug-likeness (QED) is 0.374. The van der Waals surface area contributed by atoms with E-state index in [2.05, 4.69) is 9.97 Å². The van der Waals surface area contributed by atoms with Crippen LogP contribution in [0.25, 0.3) is 11.1 Å². The van der Waals surface area contributed by atoms with Crippen molar-refractivity contribution in [3.63, 3.8) is 0 Å². The molecule has 1 aromatic heterocycles. The number of aliphatic carboxylic acids is 2. The topological polar surface area (TPSA) is 126 Å². The van der Waals surface area contributed by atoms with Gasteiger partial charge in [-0.3, -0.25) is 4.79 Å². The molecule has 156 valence electrons. The first-order chi connectivity index (χ1) is 14.3. The summed E-state index contributed by atoms with van der Waals surface area (Å²) in [6.07, 6.45) is -0.339. The number of anilines is 1. The second-order valence-corrected chi connectivity index (χ2v) is 7.13. The van der Waals surface area contributed by atoms with Gasteiger partial charge in [0.25, 0.3) is 0 Å². The van der Waals surface area contributed by atoms with Crippen molar-refractivity contribution in [2.24, 2.45) is 0 Å². The standard InChI is InChI=1S/C12H10ClN3O2S.C8H7FO2/c13-8-3-1-2-7(4-8)9-5-15-12(16-11(9)14)19-6-10(17)18;9-7(8(10)11)6-4-2-1-3-5-6/h1-5H,6H2,(H,17,18)(H2,14,15,16);1-5,7H,(H,10,11). The van der Waals surface area contributed by atoms with Crippen molar-refractivity contribution in [2.75, 3.05) is 11.5 Å². The van der Waals surface area contributed by atoms with Crippen LogP contribution in [0.2, 0.25) is 5.02 Å². The third kappa shape index (κ3) is 7.02. The average molecular weight is 450 g/mol. The molecule has 1 atom stereocenters. The molecular weight excluding hydrogens is 433 g/mol. The van der Waals surface area contributed by atoms with Gasteiger partial charge in [-0.05, 0) is 23.3 Å². The van der Waals surface area contributed by atoms with E-state index in [4.69, 9.17) is 27.5 Å². The zero-order valence-electron chi connectivity index (χ0n) is 15.4. The number of carbonyl (C=O) groups is 2. The van der Waals surface area contributed by atoms with E-state index in [1.54, 1.807) is 36.5 Å². The minimum Gasteiger partial charge on any atom is -0.481 e. The van der Waals surface area contributed by atoms with Crippen LogP contribution in [-0.4, -0.2) is 37.9 Å². The second kappa shape index (κ2) is 11.1. The first-order valence-corrected chi connectivity index (χ1v) is 9.79. The Morgan fingerprint density at radius 1 is 1.13 bits per heavy atom. The summed E-state index contributed by atoms with van der Waals surface area (Å²) in [5.41, 5.74) is 7.52. The second-order valence-electron chi connectivity index (χ2n) is 5.76. The Kier molecular flexibility index (Phi) is 8.57. The van der Waals surface area contributed by atoms with Crippen molar-refractivity contribution < 1.29 is 24.2 Å². The van der Waals surface area contributed by atoms with Crippen LogP contribution in [0.1, 0.15) is 11.7 Å². The lowest BCUT2D eigenvalue weighted by atomic mass is 10.1. The third-order valence-corrected chi connectivity index (χ3v) is 4.65. The van der Waals surface area contributed by atoms with Crippen molar-refractivity contribution in [3.8, 4) is 11.1 Å². The number of rotatable bonds is 6. The number of hydrogen-bond donors (Lipinski definition) is 3. The molecule has 0 saturated carbocycles. The Hall–Kier alpha value is -3.17. The zero-order valence-corrected chi connectivity index (χ0v) is 17.0. The highest BCUT2D eigenvalue weighted by molar-refractivity contribution is 7.99. The molecule has 0 radical (unpaired) electrons. The van der Waals surface area contributed by atoms with E-state index in [9.17, 15) is 14.0 Å². The Morgan fingerprint density at radius 2 is 1.83 bits per heavy atom. The lowest BCUT2D eigenvalue weighted by Gasteiger charge is -2.06. The molecule has 0 aliphatic carbocycles. The van der Waals surface area contributed by atoms with Crippen LogP contribution in [0.15, 0.2) is 66.0 Å². The Labute approximate surface area is 180 Å². The number of benzene rings is 2. The minimum atomic E-state index is -1.91. The molecule has 0 bridgehead atoms. The number of carboxylic acid groups (broad SMARTS) is 2. The molecule has 30 heavy (non-hydrogen) atoms. The van der Waals surface area contributed by atoms with Gasteiger partial charge < -0.3 is 15.9 Å². The molecule has 7 nitrogen and oxygen atoms in total. The van der Waals surface area contributed by atoms with Gasteiger partial charge in [0.1, 0.15) is 5.82 Å². The molecule has 0 aliphatic heterocycles. The van der Waals surface area contributed by atoms with Gasteiger partial charge in [0, 0.05) is 16.8 Å². The number of nitrogens with two attached hydrogens (primary N) is 1. The van der Waals surface area contributed by atoms with Crippen LogP contribution >= 0.6 is 23.4 Å². The molecule has 0 fully saturated rings. The van der Waals surface area contributed by atoms with Gasteiger partial charge in [-0.2, -0.15) is 0 Å². The van der Waals surface area contributed by atoms with Crippen LogP contribution in [0, 0.1) is 0 Å². The zero-order chi connectivity index (χ0) is 22.1. The van der Waals surface area contributed by atoms with Crippen molar-refractivity contribution >= 4 is 41.1 Å². The SMILES string of the molecule is Nc1nc(SCC(=O)O)ncc1-c1cccc(Cl)c1.O=C(O)C(F)c1ccccc1. The van der Waals surface area contributed by atoms with Gasteiger partial charge in [-0.1, -0.05) is 65.8 Å². The van der Waals surface area contributed by atoms with E-state index in [1.165, 1.54) is 12.1 Å². The summed E-state index contributed by atoms with van der Waals surface area (Å²) in [4.78, 5) is 28.7. The maximum absolute atomic E-state index is 12.7. The van der Waals surface area contributed by atoms with Crippen LogP contribution in [-0.2, 0) is 9.59 Å². The van der Waals surface area contributed by atoms with Crippen LogP contribution < -0.4 is 5.73 Å². The number of halogens is 2. The maximum atomic E-state index is 12.7. The fourth-order valence-corrected chi connectivity index (χ4v) is 2.95. The highest BCUT2D eigenvalue weighted by Crippen LogP contribution is 2.27. The Bertz CT molecular complexity index is 1020. The Balaban J connectivity index is 0.000000248.